The predicted octanol–water partition coefficient (Wildman–Crippen LogP) is 5.55. The number of hydrogen-bond acceptors (Lipinski definition) is 7. The summed E-state index contributed by atoms with van der Waals surface area (Å²) in [5.74, 6) is 0.254. The zero-order valence-electron chi connectivity index (χ0n) is 23.6. The molecule has 0 saturated carbocycles. The van der Waals surface area contributed by atoms with E-state index in [4.69, 9.17) is 9.72 Å². The van der Waals surface area contributed by atoms with Crippen LogP contribution in [0.4, 0.5) is 0 Å². The van der Waals surface area contributed by atoms with Crippen LogP contribution in [-0.4, -0.2) is 50.9 Å². The van der Waals surface area contributed by atoms with E-state index in [0.29, 0.717) is 22.4 Å². The molecule has 4 heterocycles. The van der Waals surface area contributed by atoms with E-state index in [1.54, 1.807) is 48.8 Å². The Morgan fingerprint density at radius 3 is 2.29 bits per heavy atom. The predicted molar refractivity (Wildman–Crippen MR) is 159 cm³/mol. The Morgan fingerprint density at radius 2 is 1.63 bits per heavy atom. The van der Waals surface area contributed by atoms with Crippen LogP contribution in [0.25, 0.3) is 22.1 Å². The summed E-state index contributed by atoms with van der Waals surface area (Å²) in [6, 6.07) is 20.7. The maximum Gasteiger partial charge on any atom is 0.303 e. The van der Waals surface area contributed by atoms with E-state index in [0.717, 1.165) is 38.0 Å². The summed E-state index contributed by atoms with van der Waals surface area (Å²) in [6.45, 7) is 8.13. The lowest BCUT2D eigenvalue weighted by Gasteiger charge is -2.33. The van der Waals surface area contributed by atoms with Crippen molar-refractivity contribution >= 4 is 38.1 Å². The van der Waals surface area contributed by atoms with E-state index >= 15 is 0 Å². The number of piperidine rings is 1. The molecule has 6 rings (SSSR count). The van der Waals surface area contributed by atoms with Crippen LogP contribution in [0, 0.1) is 0 Å². The van der Waals surface area contributed by atoms with Gasteiger partial charge in [0.05, 0.1) is 16.6 Å². The highest BCUT2D eigenvalue weighted by Gasteiger charge is 2.28. The Labute approximate surface area is 240 Å². The maximum atomic E-state index is 13.4. The van der Waals surface area contributed by atoms with Crippen molar-refractivity contribution in [2.24, 2.45) is 0 Å². The second kappa shape index (κ2) is 12.2. The van der Waals surface area contributed by atoms with Crippen molar-refractivity contribution in [3.8, 4) is 0 Å². The van der Waals surface area contributed by atoms with Gasteiger partial charge in [-0.3, -0.25) is 9.69 Å². The van der Waals surface area contributed by atoms with Crippen molar-refractivity contribution in [3.63, 3.8) is 0 Å². The van der Waals surface area contributed by atoms with Crippen LogP contribution in [0.1, 0.15) is 51.0 Å². The summed E-state index contributed by atoms with van der Waals surface area (Å²) in [5, 5.41) is 0.695. The normalized spacial score (nSPS) is 14.6. The van der Waals surface area contributed by atoms with Crippen LogP contribution in [0.5, 0.6) is 0 Å². The number of pyridine rings is 1. The molecule has 0 atom stereocenters. The fraction of sp³-hybridized carbons (Fsp3) is 0.323. The molecule has 0 spiro atoms. The zero-order chi connectivity index (χ0) is 29.0. The summed E-state index contributed by atoms with van der Waals surface area (Å²) in [4.78, 5) is 23.6. The van der Waals surface area contributed by atoms with E-state index < -0.39 is 10.0 Å². The second-order valence-electron chi connectivity index (χ2n) is 9.83. The molecule has 10 heteroatoms. The van der Waals surface area contributed by atoms with Crippen molar-refractivity contribution in [3.05, 3.63) is 90.5 Å². The number of carbonyl (C=O) groups excluding carboxylic acids is 1. The first-order valence-electron chi connectivity index (χ1n) is 14.0. The monoisotopic (exact) mass is 573 g/mol. The fourth-order valence-electron chi connectivity index (χ4n) is 5.43. The number of fused-ring (bicyclic) bond motifs is 3. The molecule has 0 unspecified atom stereocenters. The van der Waals surface area contributed by atoms with Gasteiger partial charge in [-0.2, -0.15) is 0 Å². The van der Waals surface area contributed by atoms with Crippen LogP contribution < -0.4 is 0 Å². The first-order chi connectivity index (χ1) is 19.9. The molecular weight excluding hydrogens is 538 g/mol. The topological polar surface area (TPSA) is 99.3 Å². The number of esters is 1. The van der Waals surface area contributed by atoms with E-state index in [1.165, 1.54) is 16.5 Å². The van der Waals surface area contributed by atoms with E-state index in [1.807, 2.05) is 19.9 Å². The van der Waals surface area contributed by atoms with E-state index in [9.17, 15) is 13.2 Å². The number of ether oxygens (including phenoxy) is 1. The minimum atomic E-state index is -3.83. The molecule has 0 amide bonds. The molecule has 1 saturated heterocycles. The summed E-state index contributed by atoms with van der Waals surface area (Å²) in [5.41, 5.74) is 3.08. The molecule has 1 fully saturated rings. The van der Waals surface area contributed by atoms with Gasteiger partial charge in [-0.1, -0.05) is 62.4 Å². The summed E-state index contributed by atoms with van der Waals surface area (Å²) >= 11 is 0. The van der Waals surface area contributed by atoms with Crippen molar-refractivity contribution in [2.45, 2.75) is 57.7 Å². The van der Waals surface area contributed by atoms with Crippen LogP contribution in [0.15, 0.2) is 84.0 Å². The highest BCUT2D eigenvalue weighted by Crippen LogP contribution is 2.34. The first kappa shape index (κ1) is 28.5. The minimum absolute atomic E-state index is 0.0404. The van der Waals surface area contributed by atoms with Gasteiger partial charge in [0.2, 0.25) is 0 Å². The van der Waals surface area contributed by atoms with E-state index in [-0.39, 0.29) is 23.5 Å². The number of aromatic nitrogens is 4. The third kappa shape index (κ3) is 5.75. The molecule has 1 aliphatic heterocycles. The van der Waals surface area contributed by atoms with Gasteiger partial charge < -0.3 is 9.30 Å². The fourth-order valence-corrected chi connectivity index (χ4v) is 6.76. The van der Waals surface area contributed by atoms with Crippen molar-refractivity contribution < 1.29 is 17.9 Å². The average molecular weight is 574 g/mol. The lowest BCUT2D eigenvalue weighted by Crippen LogP contribution is -2.34. The molecule has 2 aromatic carbocycles. The van der Waals surface area contributed by atoms with Crippen molar-refractivity contribution in [2.75, 3.05) is 13.1 Å². The van der Waals surface area contributed by atoms with Gasteiger partial charge in [0.25, 0.3) is 10.0 Å². The first-order valence-corrected chi connectivity index (χ1v) is 15.4. The van der Waals surface area contributed by atoms with Crippen LogP contribution >= 0.6 is 0 Å². The molecule has 0 bridgehead atoms. The molecule has 5 aromatic rings. The lowest BCUT2D eigenvalue weighted by atomic mass is 10.0. The molecule has 214 valence electrons. The van der Waals surface area contributed by atoms with Crippen LogP contribution in [0.2, 0.25) is 0 Å². The lowest BCUT2D eigenvalue weighted by molar-refractivity contribution is -0.142. The number of hydrogen-bond donors (Lipinski definition) is 0. The van der Waals surface area contributed by atoms with Crippen LogP contribution in [0.3, 0.4) is 0 Å². The van der Waals surface area contributed by atoms with E-state index in [2.05, 4.69) is 38.7 Å². The largest absolute Gasteiger partial charge is 0.458 e. The second-order valence-corrected chi connectivity index (χ2v) is 11.6. The Bertz CT molecular complexity index is 1740. The number of imidazole rings is 1. The molecule has 3 aromatic heterocycles. The zero-order valence-corrected chi connectivity index (χ0v) is 24.4. The Kier molecular flexibility index (Phi) is 8.51. The number of rotatable bonds is 7. The number of likely N-dealkylation sites (tertiary alicyclic amines) is 1. The Hall–Kier alpha value is -4.02. The van der Waals surface area contributed by atoms with Gasteiger partial charge in [-0.15, -0.1) is 0 Å². The van der Waals surface area contributed by atoms with Gasteiger partial charge in [-0.05, 0) is 36.6 Å². The molecule has 1 aliphatic rings. The van der Waals surface area contributed by atoms with Gasteiger partial charge in [0.1, 0.15) is 17.9 Å². The number of benzene rings is 2. The number of nitrogens with zero attached hydrogens (tertiary/aromatic N) is 5. The van der Waals surface area contributed by atoms with Crippen molar-refractivity contribution in [1.82, 2.24) is 23.4 Å². The molecule has 0 aliphatic carbocycles. The van der Waals surface area contributed by atoms with Gasteiger partial charge in [0.15, 0.2) is 5.65 Å². The molecule has 9 nitrogen and oxygen atoms in total. The summed E-state index contributed by atoms with van der Waals surface area (Å²) in [6.07, 6.45) is 4.92. The minimum Gasteiger partial charge on any atom is -0.458 e. The molecule has 41 heavy (non-hydrogen) atoms. The van der Waals surface area contributed by atoms with Gasteiger partial charge in [-0.25, -0.2) is 22.4 Å². The summed E-state index contributed by atoms with van der Waals surface area (Å²) in [7, 11) is -3.83. The Morgan fingerprint density at radius 1 is 0.976 bits per heavy atom. The highest BCUT2D eigenvalue weighted by molar-refractivity contribution is 7.90. The third-order valence-corrected chi connectivity index (χ3v) is 8.96. The highest BCUT2D eigenvalue weighted by atomic mass is 32.2. The quantitative estimate of drug-likeness (QED) is 0.235. The van der Waals surface area contributed by atoms with Gasteiger partial charge in [0, 0.05) is 44.2 Å². The smallest absolute Gasteiger partial charge is 0.303 e. The maximum absolute atomic E-state index is 13.4. The number of carbonyl (C=O) groups is 1. The third-order valence-electron chi connectivity index (χ3n) is 7.28. The Balaban J connectivity index is 0.00000165. The summed E-state index contributed by atoms with van der Waals surface area (Å²) < 4.78 is 35.6. The van der Waals surface area contributed by atoms with Crippen LogP contribution in [-0.2, 0) is 32.7 Å². The van der Waals surface area contributed by atoms with Crippen molar-refractivity contribution in [1.29, 1.82) is 0 Å². The SMILES string of the molecule is CC.CC(=O)OCc1nc2cnc3c(ccn3S(=O)(=O)c3ccccc3)c2n1C1CCN(Cc2ccccc2)CC1. The molecule has 0 N–H and O–H groups in total. The average Bonchev–Trinajstić information content (AvgIpc) is 3.60. The molecule has 0 radical (unpaired) electrons. The standard InChI is InChI=1S/C29H29N5O4S.C2H6/c1-21(35)38-20-27-31-26-18-30-29-25(14-17-33(29)39(36,37)24-10-6-3-7-11-24)28(26)34(27)23-12-15-32(16-13-23)19-22-8-4-2-5-9-22;1-2/h2-11,14,17-18,23H,12-13,15-16,19-20H2,1H3;1-2H3. The van der Waals surface area contributed by atoms with Gasteiger partial charge >= 0.3 is 5.97 Å². The molecular formula is C31H35N5O4S.